The lowest BCUT2D eigenvalue weighted by molar-refractivity contribution is 0.101. The number of aromatic nitrogens is 4. The van der Waals surface area contributed by atoms with Crippen LogP contribution < -0.4 is 10.7 Å². The number of fused-ring (bicyclic) bond motifs is 1. The average molecular weight is 443 g/mol. The maximum absolute atomic E-state index is 14.3. The number of aryl methyl sites for hydroxylation is 3. The van der Waals surface area contributed by atoms with Gasteiger partial charge in [-0.25, -0.2) is 14.1 Å². The van der Waals surface area contributed by atoms with Crippen LogP contribution >= 0.6 is 0 Å². The summed E-state index contributed by atoms with van der Waals surface area (Å²) in [6, 6.07) is 14.6. The Morgan fingerprint density at radius 3 is 2.76 bits per heavy atom. The number of rotatable bonds is 4. The van der Waals surface area contributed by atoms with E-state index >= 15 is 0 Å². The number of hydrogen-bond acceptors (Lipinski definition) is 4. The van der Waals surface area contributed by atoms with Crippen molar-refractivity contribution in [3.8, 4) is 16.9 Å². The van der Waals surface area contributed by atoms with E-state index in [2.05, 4.69) is 15.0 Å². The molecule has 0 atom stereocenters. The quantitative estimate of drug-likeness (QED) is 0.514. The Labute approximate surface area is 189 Å². The van der Waals surface area contributed by atoms with Gasteiger partial charge in [0.1, 0.15) is 17.3 Å². The summed E-state index contributed by atoms with van der Waals surface area (Å²) in [6.07, 6.45) is 5.28. The fourth-order valence-electron chi connectivity index (χ4n) is 4.07. The van der Waals surface area contributed by atoms with Crippen molar-refractivity contribution in [2.45, 2.75) is 32.7 Å². The summed E-state index contributed by atoms with van der Waals surface area (Å²) in [5.41, 5.74) is 1.97. The second-order valence-electron chi connectivity index (χ2n) is 8.09. The van der Waals surface area contributed by atoms with Crippen molar-refractivity contribution < 1.29 is 9.18 Å². The molecule has 2 aromatic carbocycles. The second kappa shape index (κ2) is 8.46. The maximum atomic E-state index is 14.3. The molecule has 4 aromatic rings. The van der Waals surface area contributed by atoms with Crippen LogP contribution in [-0.2, 0) is 13.0 Å². The number of anilines is 1. The number of benzene rings is 2. The Balaban J connectivity index is 1.44. The van der Waals surface area contributed by atoms with Gasteiger partial charge in [-0.1, -0.05) is 24.3 Å². The number of nitrogens with zero attached hydrogens (tertiary/aromatic N) is 4. The van der Waals surface area contributed by atoms with Gasteiger partial charge in [-0.15, -0.1) is 0 Å². The molecule has 1 aliphatic heterocycles. The molecule has 1 N–H and O–H groups in total. The minimum Gasteiger partial charge on any atom is -0.334 e. The van der Waals surface area contributed by atoms with E-state index in [1.165, 1.54) is 22.9 Å². The van der Waals surface area contributed by atoms with Crippen LogP contribution in [0.15, 0.2) is 65.6 Å². The molecule has 0 fully saturated rings. The Kier molecular flexibility index (Phi) is 5.34. The Bertz CT molecular complexity index is 1400. The predicted molar refractivity (Wildman–Crippen MR) is 123 cm³/mol. The molecule has 0 saturated carbocycles. The van der Waals surface area contributed by atoms with Crippen molar-refractivity contribution in [3.05, 3.63) is 94.0 Å². The van der Waals surface area contributed by atoms with Crippen LogP contribution in [-0.4, -0.2) is 25.2 Å². The van der Waals surface area contributed by atoms with Crippen molar-refractivity contribution >= 4 is 11.6 Å². The van der Waals surface area contributed by atoms with Crippen LogP contribution in [0.3, 0.4) is 0 Å². The van der Waals surface area contributed by atoms with Gasteiger partial charge in [-0.05, 0) is 44.0 Å². The summed E-state index contributed by atoms with van der Waals surface area (Å²) in [5, 5.41) is 6.90. The first-order valence-corrected chi connectivity index (χ1v) is 10.8. The summed E-state index contributed by atoms with van der Waals surface area (Å²) >= 11 is 0. The third-order valence-electron chi connectivity index (χ3n) is 5.73. The molecule has 166 valence electrons. The Hall–Kier alpha value is -4.07. The molecule has 7 nitrogen and oxygen atoms in total. The third kappa shape index (κ3) is 4.07. The molecule has 2 aromatic heterocycles. The molecule has 0 saturated heterocycles. The number of hydrogen-bond donors (Lipinski definition) is 1. The Morgan fingerprint density at radius 2 is 1.94 bits per heavy atom. The fraction of sp³-hybridized carbons (Fsp3) is 0.200. The zero-order valence-corrected chi connectivity index (χ0v) is 18.1. The van der Waals surface area contributed by atoms with Crippen LogP contribution in [0.25, 0.3) is 16.9 Å². The van der Waals surface area contributed by atoms with E-state index in [0.29, 0.717) is 11.4 Å². The van der Waals surface area contributed by atoms with Gasteiger partial charge in [0, 0.05) is 42.2 Å². The minimum atomic E-state index is -0.661. The van der Waals surface area contributed by atoms with E-state index in [0.717, 1.165) is 42.9 Å². The summed E-state index contributed by atoms with van der Waals surface area (Å²) in [4.78, 5) is 30.1. The number of carbonyl (C=O) groups excluding carboxylic acids is 1. The maximum Gasteiger partial charge on any atom is 0.280 e. The summed E-state index contributed by atoms with van der Waals surface area (Å²) in [6.45, 7) is 2.60. The van der Waals surface area contributed by atoms with Crippen LogP contribution in [0, 0.1) is 12.7 Å². The highest BCUT2D eigenvalue weighted by Gasteiger charge is 2.18. The van der Waals surface area contributed by atoms with Gasteiger partial charge in [0.05, 0.1) is 5.69 Å². The lowest BCUT2D eigenvalue weighted by atomic mass is 10.1. The normalized spacial score (nSPS) is 12.9. The highest BCUT2D eigenvalue weighted by Crippen LogP contribution is 2.25. The molecule has 5 rings (SSSR count). The standard InChI is InChI=1S/C25H22FN5O2/c1-16-13-22(32)24(29-31(16)21-10-3-2-9-19(21)26)25(33)27-18-8-6-7-17(14-18)20-15-30-12-5-4-11-23(30)28-20/h2-3,6-10,13-15H,4-5,11-12H2,1H3,(H,27,33). The van der Waals surface area contributed by atoms with E-state index < -0.39 is 17.2 Å². The molecule has 0 unspecified atom stereocenters. The molecule has 0 bridgehead atoms. The number of nitrogens with one attached hydrogen (secondary N) is 1. The highest BCUT2D eigenvalue weighted by molar-refractivity contribution is 6.03. The molecule has 0 radical (unpaired) electrons. The molecule has 0 aliphatic carbocycles. The molecule has 3 heterocycles. The predicted octanol–water partition coefficient (Wildman–Crippen LogP) is 4.13. The van der Waals surface area contributed by atoms with E-state index in [1.54, 1.807) is 25.1 Å². The van der Waals surface area contributed by atoms with Gasteiger partial charge >= 0.3 is 0 Å². The van der Waals surface area contributed by atoms with E-state index in [9.17, 15) is 14.0 Å². The topological polar surface area (TPSA) is 81.8 Å². The summed E-state index contributed by atoms with van der Waals surface area (Å²) in [7, 11) is 0. The van der Waals surface area contributed by atoms with E-state index in [-0.39, 0.29) is 11.4 Å². The van der Waals surface area contributed by atoms with Crippen LogP contribution in [0.1, 0.15) is 34.8 Å². The van der Waals surface area contributed by atoms with Crippen molar-refractivity contribution in [3.63, 3.8) is 0 Å². The van der Waals surface area contributed by atoms with Gasteiger partial charge in [0.25, 0.3) is 5.91 Å². The van der Waals surface area contributed by atoms with Crippen molar-refractivity contribution in [2.24, 2.45) is 0 Å². The van der Waals surface area contributed by atoms with Gasteiger partial charge in [0.2, 0.25) is 5.43 Å². The van der Waals surface area contributed by atoms with E-state index in [1.807, 2.05) is 24.4 Å². The molecular weight excluding hydrogens is 421 g/mol. The lowest BCUT2D eigenvalue weighted by Crippen LogP contribution is -2.27. The molecule has 0 spiro atoms. The van der Waals surface area contributed by atoms with Crippen LogP contribution in [0.2, 0.25) is 0 Å². The van der Waals surface area contributed by atoms with Crippen molar-refractivity contribution in [1.29, 1.82) is 0 Å². The highest BCUT2D eigenvalue weighted by atomic mass is 19.1. The van der Waals surface area contributed by atoms with Gasteiger partial charge in [0.15, 0.2) is 5.69 Å². The van der Waals surface area contributed by atoms with E-state index in [4.69, 9.17) is 4.98 Å². The smallest absolute Gasteiger partial charge is 0.280 e. The third-order valence-corrected chi connectivity index (χ3v) is 5.73. The first kappa shape index (κ1) is 20.8. The average Bonchev–Trinajstić information content (AvgIpc) is 3.24. The van der Waals surface area contributed by atoms with Crippen LogP contribution in [0.5, 0.6) is 0 Å². The zero-order valence-electron chi connectivity index (χ0n) is 18.1. The minimum absolute atomic E-state index is 0.162. The lowest BCUT2D eigenvalue weighted by Gasteiger charge is -2.12. The van der Waals surface area contributed by atoms with Crippen LogP contribution in [0.4, 0.5) is 10.1 Å². The fourth-order valence-corrected chi connectivity index (χ4v) is 4.07. The van der Waals surface area contributed by atoms with Crippen molar-refractivity contribution in [2.75, 3.05) is 5.32 Å². The van der Waals surface area contributed by atoms with Gasteiger partial charge in [-0.2, -0.15) is 5.10 Å². The molecule has 8 heteroatoms. The zero-order chi connectivity index (χ0) is 22.9. The first-order valence-electron chi connectivity index (χ1n) is 10.8. The number of amides is 1. The molecular formula is C25H22FN5O2. The summed E-state index contributed by atoms with van der Waals surface area (Å²) < 4.78 is 17.7. The number of carbonyl (C=O) groups is 1. The number of para-hydroxylation sites is 1. The monoisotopic (exact) mass is 443 g/mol. The van der Waals surface area contributed by atoms with Gasteiger partial charge in [-0.3, -0.25) is 9.59 Å². The summed E-state index contributed by atoms with van der Waals surface area (Å²) in [5.74, 6) is -0.0896. The van der Waals surface area contributed by atoms with Gasteiger partial charge < -0.3 is 9.88 Å². The number of imidazole rings is 1. The Morgan fingerprint density at radius 1 is 1.09 bits per heavy atom. The second-order valence-corrected chi connectivity index (χ2v) is 8.09. The molecule has 33 heavy (non-hydrogen) atoms. The SMILES string of the molecule is Cc1cc(=O)c(C(=O)Nc2cccc(-c3cn4c(n3)CCCC4)c2)nn1-c1ccccc1F. The largest absolute Gasteiger partial charge is 0.334 e. The number of halogens is 1. The first-order chi connectivity index (χ1) is 16.0. The molecule has 1 aliphatic rings. The van der Waals surface area contributed by atoms with Crippen molar-refractivity contribution in [1.82, 2.24) is 19.3 Å². The molecule has 1 amide bonds.